The summed E-state index contributed by atoms with van der Waals surface area (Å²) in [7, 11) is -0.259. The zero-order valence-electron chi connectivity index (χ0n) is 21.7. The Bertz CT molecular complexity index is 1280. The smallest absolute Gasteiger partial charge is 0.247 e. The molecule has 0 saturated heterocycles. The van der Waals surface area contributed by atoms with Crippen LogP contribution in [0.25, 0.3) is 11.1 Å². The van der Waals surface area contributed by atoms with Gasteiger partial charge in [0, 0.05) is 44.0 Å². The van der Waals surface area contributed by atoms with Crippen molar-refractivity contribution in [3.05, 3.63) is 72.6 Å². The largest absolute Gasteiger partial charge is 0.497 e. The minimum absolute atomic E-state index is 0.108. The van der Waals surface area contributed by atoms with Crippen LogP contribution in [-0.2, 0) is 16.6 Å². The van der Waals surface area contributed by atoms with E-state index in [0.717, 1.165) is 22.4 Å². The lowest BCUT2D eigenvalue weighted by Crippen LogP contribution is -2.49. The van der Waals surface area contributed by atoms with Crippen LogP contribution < -0.4 is 9.47 Å². The predicted octanol–water partition coefficient (Wildman–Crippen LogP) is 3.66. The highest BCUT2D eigenvalue weighted by molar-refractivity contribution is 7.89. The Hall–Kier alpha value is -2.98. The van der Waals surface area contributed by atoms with Crippen LogP contribution in [-0.4, -0.2) is 73.7 Å². The Morgan fingerprint density at radius 1 is 1.19 bits per heavy atom. The molecule has 9 heteroatoms. The van der Waals surface area contributed by atoms with Crippen molar-refractivity contribution in [3.8, 4) is 22.6 Å². The summed E-state index contributed by atoms with van der Waals surface area (Å²) in [6.07, 6.45) is 3.31. The molecule has 1 aromatic heterocycles. The maximum Gasteiger partial charge on any atom is 0.247 e. The van der Waals surface area contributed by atoms with Gasteiger partial charge in [-0.2, -0.15) is 4.31 Å². The molecule has 0 radical (unpaired) electrons. The van der Waals surface area contributed by atoms with Gasteiger partial charge in [0.2, 0.25) is 10.0 Å². The van der Waals surface area contributed by atoms with E-state index in [9.17, 15) is 13.5 Å². The maximum absolute atomic E-state index is 13.7. The van der Waals surface area contributed by atoms with Gasteiger partial charge in [0.25, 0.3) is 0 Å². The topological polar surface area (TPSA) is 92.2 Å². The Kier molecular flexibility index (Phi) is 8.49. The molecule has 0 amide bonds. The van der Waals surface area contributed by atoms with Crippen molar-refractivity contribution < 1.29 is 23.0 Å². The second-order valence-corrected chi connectivity index (χ2v) is 11.5. The van der Waals surface area contributed by atoms with Crippen LogP contribution in [0.1, 0.15) is 19.4 Å². The van der Waals surface area contributed by atoms with Gasteiger partial charge in [-0.25, -0.2) is 8.42 Å². The first-order valence-corrected chi connectivity index (χ1v) is 13.8. The van der Waals surface area contributed by atoms with Crippen LogP contribution in [0.4, 0.5) is 0 Å². The molecular formula is C28H35N3O5S. The fourth-order valence-electron chi connectivity index (χ4n) is 4.58. The fourth-order valence-corrected chi connectivity index (χ4v) is 6.41. The molecule has 1 N–H and O–H groups in total. The van der Waals surface area contributed by atoms with Crippen LogP contribution in [0.3, 0.4) is 0 Å². The molecule has 37 heavy (non-hydrogen) atoms. The lowest BCUT2D eigenvalue weighted by molar-refractivity contribution is 0.0734. The molecule has 0 spiro atoms. The number of aromatic nitrogens is 1. The number of rotatable bonds is 8. The summed E-state index contributed by atoms with van der Waals surface area (Å²) < 4.78 is 40.6. The molecule has 1 aliphatic heterocycles. The number of hydrogen-bond acceptors (Lipinski definition) is 7. The highest BCUT2D eigenvalue weighted by Gasteiger charge is 2.38. The van der Waals surface area contributed by atoms with Crippen LogP contribution in [0, 0.1) is 5.92 Å². The van der Waals surface area contributed by atoms with Crippen molar-refractivity contribution in [1.82, 2.24) is 14.2 Å². The fraction of sp³-hybridized carbons (Fsp3) is 0.393. The zero-order chi connectivity index (χ0) is 26.6. The number of nitrogens with zero attached hydrogens (tertiary/aromatic N) is 3. The molecule has 4 rings (SSSR count). The van der Waals surface area contributed by atoms with Gasteiger partial charge in [0.05, 0.1) is 13.7 Å². The van der Waals surface area contributed by atoms with Gasteiger partial charge in [-0.05, 0) is 61.0 Å². The van der Waals surface area contributed by atoms with Gasteiger partial charge in [0.1, 0.15) is 22.5 Å². The van der Waals surface area contributed by atoms with Gasteiger partial charge in [0.15, 0.2) is 0 Å². The average Bonchev–Trinajstić information content (AvgIpc) is 2.90. The molecule has 0 saturated carbocycles. The summed E-state index contributed by atoms with van der Waals surface area (Å²) in [6.45, 7) is 4.97. The van der Waals surface area contributed by atoms with Gasteiger partial charge in [-0.1, -0.05) is 31.2 Å². The lowest BCUT2D eigenvalue weighted by Gasteiger charge is -2.37. The van der Waals surface area contributed by atoms with Crippen molar-refractivity contribution in [1.29, 1.82) is 0 Å². The number of ether oxygens (including phenoxy) is 2. The first-order chi connectivity index (χ1) is 17.7. The summed E-state index contributed by atoms with van der Waals surface area (Å²) >= 11 is 0. The number of sulfonamides is 1. The molecule has 3 atom stereocenters. The minimum Gasteiger partial charge on any atom is -0.497 e. The van der Waals surface area contributed by atoms with Crippen LogP contribution >= 0.6 is 0 Å². The summed E-state index contributed by atoms with van der Waals surface area (Å²) in [5, 5.41) is 9.86. The Labute approximate surface area is 219 Å². The quantitative estimate of drug-likeness (QED) is 0.480. The summed E-state index contributed by atoms with van der Waals surface area (Å²) in [4.78, 5) is 6.46. The van der Waals surface area contributed by atoms with E-state index in [1.807, 2.05) is 56.6 Å². The second kappa shape index (κ2) is 11.6. The number of likely N-dealkylation sites (N-methyl/N-ethyl adjacent to an activating group) is 1. The Balaban J connectivity index is 1.71. The number of methoxy groups -OCH3 is 1. The van der Waals surface area contributed by atoms with E-state index in [0.29, 0.717) is 18.8 Å². The van der Waals surface area contributed by atoms with Crippen molar-refractivity contribution in [2.45, 2.75) is 37.4 Å². The maximum atomic E-state index is 13.7. The van der Waals surface area contributed by atoms with Crippen molar-refractivity contribution in [2.24, 2.45) is 5.92 Å². The zero-order valence-corrected chi connectivity index (χ0v) is 22.6. The predicted molar refractivity (Wildman–Crippen MR) is 143 cm³/mol. The highest BCUT2D eigenvalue weighted by atomic mass is 32.2. The first kappa shape index (κ1) is 27.1. The standard InChI is InChI=1S/C28H35N3O5S/c1-20-16-31(21(2)19-32)37(33,34)28-12-9-24(23-7-10-25(35-4)11-8-23)14-26(28)36-27(20)18-30(3)17-22-6-5-13-29-15-22/h5-15,20-21,27,32H,16-19H2,1-4H3/t20-,21+,27-/m1/s1. The molecule has 198 valence electrons. The highest BCUT2D eigenvalue weighted by Crippen LogP contribution is 2.37. The number of aliphatic hydroxyl groups excluding tert-OH is 1. The van der Waals surface area contributed by atoms with Crippen molar-refractivity contribution >= 4 is 10.0 Å². The van der Waals surface area contributed by atoms with Crippen LogP contribution in [0.2, 0.25) is 0 Å². The van der Waals surface area contributed by atoms with E-state index in [4.69, 9.17) is 9.47 Å². The third kappa shape index (κ3) is 6.13. The molecule has 0 aliphatic carbocycles. The minimum atomic E-state index is -3.89. The van der Waals surface area contributed by atoms with E-state index >= 15 is 0 Å². The summed E-state index contributed by atoms with van der Waals surface area (Å²) in [6, 6.07) is 16.2. The molecule has 3 aromatic rings. The SMILES string of the molecule is COc1ccc(-c2ccc3c(c2)O[C@H](CN(C)Cc2cccnc2)[C@H](C)CN([C@@H](C)CO)S3(=O)=O)cc1. The van der Waals surface area contributed by atoms with Gasteiger partial charge >= 0.3 is 0 Å². The third-order valence-electron chi connectivity index (χ3n) is 6.76. The molecule has 2 aromatic carbocycles. The molecule has 8 nitrogen and oxygen atoms in total. The first-order valence-electron chi connectivity index (χ1n) is 12.4. The second-order valence-electron chi connectivity index (χ2n) is 9.69. The van der Waals surface area contributed by atoms with Crippen molar-refractivity contribution in [2.75, 3.05) is 33.9 Å². The molecule has 2 heterocycles. The molecule has 1 aliphatic rings. The molecule has 0 bridgehead atoms. The summed E-state index contributed by atoms with van der Waals surface area (Å²) in [5.74, 6) is 0.931. The van der Waals surface area contributed by atoms with E-state index in [-0.39, 0.29) is 30.1 Å². The number of benzene rings is 2. The number of hydrogen-bond donors (Lipinski definition) is 1. The van der Waals surface area contributed by atoms with E-state index in [2.05, 4.69) is 9.88 Å². The molecule has 0 unspecified atom stereocenters. The Morgan fingerprint density at radius 3 is 2.57 bits per heavy atom. The monoisotopic (exact) mass is 525 g/mol. The van der Waals surface area contributed by atoms with E-state index < -0.39 is 16.1 Å². The summed E-state index contributed by atoms with van der Waals surface area (Å²) in [5.41, 5.74) is 2.85. The molecular weight excluding hydrogens is 490 g/mol. The number of fused-ring (bicyclic) bond motifs is 1. The van der Waals surface area contributed by atoms with Gasteiger partial charge in [-0.3, -0.25) is 9.88 Å². The average molecular weight is 526 g/mol. The molecule has 0 fully saturated rings. The normalized spacial score (nSPS) is 20.4. The van der Waals surface area contributed by atoms with E-state index in [1.54, 1.807) is 38.4 Å². The number of pyridine rings is 1. The van der Waals surface area contributed by atoms with Gasteiger partial charge < -0.3 is 14.6 Å². The van der Waals surface area contributed by atoms with Crippen LogP contribution in [0.15, 0.2) is 71.9 Å². The van der Waals surface area contributed by atoms with E-state index in [1.165, 1.54) is 4.31 Å². The Morgan fingerprint density at radius 2 is 1.92 bits per heavy atom. The van der Waals surface area contributed by atoms with Crippen molar-refractivity contribution in [3.63, 3.8) is 0 Å². The van der Waals surface area contributed by atoms with Gasteiger partial charge in [-0.15, -0.1) is 0 Å². The lowest BCUT2D eigenvalue weighted by atomic mass is 10.0. The third-order valence-corrected chi connectivity index (χ3v) is 8.78. The number of aliphatic hydroxyl groups is 1. The van der Waals surface area contributed by atoms with Crippen LogP contribution in [0.5, 0.6) is 11.5 Å².